The van der Waals surface area contributed by atoms with Gasteiger partial charge in [0.25, 0.3) is 0 Å². The lowest BCUT2D eigenvalue weighted by atomic mass is 10.2. The summed E-state index contributed by atoms with van der Waals surface area (Å²) in [7, 11) is -3.72. The van der Waals surface area contributed by atoms with Crippen LogP contribution in [0.15, 0.2) is 24.3 Å². The van der Waals surface area contributed by atoms with Crippen LogP contribution in [0, 0.1) is 0 Å². The van der Waals surface area contributed by atoms with Gasteiger partial charge in [-0.05, 0) is 45.9 Å². The molecule has 0 aromatic heterocycles. The molecule has 1 atom stereocenters. The van der Waals surface area contributed by atoms with Crippen LogP contribution in [-0.2, 0) is 14.9 Å². The molecule has 140 valence electrons. The number of nitrogens with zero attached hydrogens (tertiary/aromatic N) is 2. The van der Waals surface area contributed by atoms with Crippen LogP contribution in [0.4, 0.5) is 10.5 Å². The minimum atomic E-state index is -3.72. The molecule has 1 saturated heterocycles. The Balaban J connectivity index is 2.03. The van der Waals surface area contributed by atoms with Crippen LogP contribution in [0.25, 0.3) is 0 Å². The highest BCUT2D eigenvalue weighted by molar-refractivity contribution is 7.90. The zero-order valence-electron chi connectivity index (χ0n) is 14.8. The minimum absolute atomic E-state index is 0.190. The molecule has 25 heavy (non-hydrogen) atoms. The molecule has 9 heteroatoms. The molecule has 1 aliphatic rings. The Morgan fingerprint density at radius 1 is 1.32 bits per heavy atom. The molecule has 0 saturated carbocycles. The topological polar surface area (TPSA) is 79.0 Å². The van der Waals surface area contributed by atoms with E-state index < -0.39 is 21.9 Å². The van der Waals surface area contributed by atoms with Crippen molar-refractivity contribution in [3.05, 3.63) is 29.3 Å². The molecule has 1 amide bonds. The third-order valence-corrected chi connectivity index (χ3v) is 5.37. The van der Waals surface area contributed by atoms with E-state index in [-0.39, 0.29) is 25.7 Å². The number of anilines is 1. The molecule has 1 N–H and O–H groups in total. The van der Waals surface area contributed by atoms with Crippen LogP contribution >= 0.6 is 11.6 Å². The molecule has 1 unspecified atom stereocenters. The maximum absolute atomic E-state index is 12.6. The van der Waals surface area contributed by atoms with E-state index in [0.717, 1.165) is 0 Å². The van der Waals surface area contributed by atoms with Gasteiger partial charge in [0.05, 0.1) is 5.69 Å². The number of carbonyl (C=O) groups is 1. The summed E-state index contributed by atoms with van der Waals surface area (Å²) in [5.74, 6) is 0. The van der Waals surface area contributed by atoms with E-state index in [1.165, 1.54) is 4.31 Å². The predicted octanol–water partition coefficient (Wildman–Crippen LogP) is 2.94. The molecule has 0 aliphatic carbocycles. The van der Waals surface area contributed by atoms with Gasteiger partial charge >= 0.3 is 16.3 Å². The van der Waals surface area contributed by atoms with Crippen molar-refractivity contribution in [3.63, 3.8) is 0 Å². The lowest BCUT2D eigenvalue weighted by Crippen LogP contribution is -2.57. The molecule has 0 spiro atoms. The summed E-state index contributed by atoms with van der Waals surface area (Å²) < 4.78 is 34.3. The first-order valence-corrected chi connectivity index (χ1v) is 9.83. The summed E-state index contributed by atoms with van der Waals surface area (Å²) >= 11 is 5.88. The fourth-order valence-electron chi connectivity index (χ4n) is 2.50. The number of ether oxygens (including phenoxy) is 1. The molecule has 2 rings (SSSR count). The average molecular weight is 390 g/mol. The van der Waals surface area contributed by atoms with E-state index in [0.29, 0.717) is 10.7 Å². The highest BCUT2D eigenvalue weighted by Crippen LogP contribution is 2.20. The maximum Gasteiger partial charge on any atom is 0.410 e. The summed E-state index contributed by atoms with van der Waals surface area (Å²) in [6, 6.07) is 6.22. The molecule has 0 radical (unpaired) electrons. The minimum Gasteiger partial charge on any atom is -0.444 e. The molecular weight excluding hydrogens is 366 g/mol. The van der Waals surface area contributed by atoms with Crippen LogP contribution in [0.5, 0.6) is 0 Å². The first-order valence-electron chi connectivity index (χ1n) is 8.01. The molecular formula is C16H24ClN3O4S. The highest BCUT2D eigenvalue weighted by atomic mass is 35.5. The number of carbonyl (C=O) groups excluding carboxylic acids is 1. The van der Waals surface area contributed by atoms with Crippen molar-refractivity contribution in [1.29, 1.82) is 0 Å². The van der Waals surface area contributed by atoms with Gasteiger partial charge in [-0.25, -0.2) is 4.79 Å². The second-order valence-corrected chi connectivity index (χ2v) is 9.11. The Kier molecular flexibility index (Phi) is 5.86. The van der Waals surface area contributed by atoms with Gasteiger partial charge in [-0.3, -0.25) is 4.72 Å². The van der Waals surface area contributed by atoms with Crippen molar-refractivity contribution in [2.75, 3.05) is 24.4 Å². The monoisotopic (exact) mass is 389 g/mol. The quantitative estimate of drug-likeness (QED) is 0.861. The second-order valence-electron chi connectivity index (χ2n) is 7.00. The summed E-state index contributed by atoms with van der Waals surface area (Å²) in [4.78, 5) is 13.8. The molecule has 1 fully saturated rings. The van der Waals surface area contributed by atoms with E-state index >= 15 is 0 Å². The Labute approximate surface area is 154 Å². The Morgan fingerprint density at radius 2 is 2.00 bits per heavy atom. The number of amides is 1. The molecule has 7 nitrogen and oxygen atoms in total. The SMILES string of the molecule is CC1CN(S(=O)(=O)Nc2cccc(Cl)c2)CCN1C(=O)OC(C)(C)C. The van der Waals surface area contributed by atoms with Gasteiger partial charge in [-0.15, -0.1) is 0 Å². The van der Waals surface area contributed by atoms with Crippen LogP contribution in [0.1, 0.15) is 27.7 Å². The van der Waals surface area contributed by atoms with E-state index in [1.807, 2.05) is 0 Å². The van der Waals surface area contributed by atoms with Crippen LogP contribution in [0.3, 0.4) is 0 Å². The van der Waals surface area contributed by atoms with E-state index in [2.05, 4.69) is 4.72 Å². The number of nitrogens with one attached hydrogen (secondary N) is 1. The smallest absolute Gasteiger partial charge is 0.410 e. The van der Waals surface area contributed by atoms with E-state index in [4.69, 9.17) is 16.3 Å². The van der Waals surface area contributed by atoms with Crippen molar-refractivity contribution in [2.24, 2.45) is 0 Å². The largest absolute Gasteiger partial charge is 0.444 e. The predicted molar refractivity (Wildman–Crippen MR) is 98.0 cm³/mol. The lowest BCUT2D eigenvalue weighted by Gasteiger charge is -2.39. The van der Waals surface area contributed by atoms with Crippen LogP contribution in [-0.4, -0.2) is 55.0 Å². The molecule has 1 heterocycles. The number of rotatable bonds is 3. The Bertz CT molecular complexity index is 733. The zero-order valence-corrected chi connectivity index (χ0v) is 16.4. The number of hydrogen-bond acceptors (Lipinski definition) is 4. The van der Waals surface area contributed by atoms with Gasteiger partial charge in [0, 0.05) is 30.7 Å². The van der Waals surface area contributed by atoms with Gasteiger partial charge in [-0.1, -0.05) is 17.7 Å². The molecule has 1 aromatic rings. The van der Waals surface area contributed by atoms with Gasteiger partial charge in [0.15, 0.2) is 0 Å². The molecule has 1 aromatic carbocycles. The van der Waals surface area contributed by atoms with Crippen LogP contribution < -0.4 is 4.72 Å². The van der Waals surface area contributed by atoms with Crippen LogP contribution in [0.2, 0.25) is 5.02 Å². The Hall–Kier alpha value is -1.51. The fourth-order valence-corrected chi connectivity index (χ4v) is 3.98. The summed E-state index contributed by atoms with van der Waals surface area (Å²) in [6.45, 7) is 7.84. The van der Waals surface area contributed by atoms with Gasteiger partial charge in [-0.2, -0.15) is 12.7 Å². The van der Waals surface area contributed by atoms with Crippen molar-refractivity contribution in [3.8, 4) is 0 Å². The van der Waals surface area contributed by atoms with Crippen molar-refractivity contribution < 1.29 is 17.9 Å². The van der Waals surface area contributed by atoms with Gasteiger partial charge in [0.2, 0.25) is 0 Å². The van der Waals surface area contributed by atoms with E-state index in [9.17, 15) is 13.2 Å². The zero-order chi connectivity index (χ0) is 18.8. The lowest BCUT2D eigenvalue weighted by molar-refractivity contribution is 0.00863. The average Bonchev–Trinajstić information content (AvgIpc) is 2.44. The molecule has 0 bridgehead atoms. The van der Waals surface area contributed by atoms with Crippen molar-refractivity contribution in [1.82, 2.24) is 9.21 Å². The molecule has 1 aliphatic heterocycles. The summed E-state index contributed by atoms with van der Waals surface area (Å²) in [5.41, 5.74) is -0.191. The van der Waals surface area contributed by atoms with Crippen molar-refractivity contribution >= 4 is 33.6 Å². The standard InChI is InChI=1S/C16H24ClN3O4S/c1-12-11-19(8-9-20(12)15(21)24-16(2,3)4)25(22,23)18-14-7-5-6-13(17)10-14/h5-7,10,12,18H,8-9,11H2,1-4H3. The van der Waals surface area contributed by atoms with E-state index in [1.54, 1.807) is 56.9 Å². The third kappa shape index (κ3) is 5.49. The maximum atomic E-state index is 12.6. The number of halogens is 1. The number of benzene rings is 1. The number of hydrogen-bond donors (Lipinski definition) is 1. The third-order valence-electron chi connectivity index (χ3n) is 3.63. The second kappa shape index (κ2) is 7.39. The highest BCUT2D eigenvalue weighted by Gasteiger charge is 2.35. The normalized spacial score (nSPS) is 19.6. The first-order chi connectivity index (χ1) is 11.5. The van der Waals surface area contributed by atoms with Gasteiger partial charge < -0.3 is 9.64 Å². The Morgan fingerprint density at radius 3 is 2.56 bits per heavy atom. The first kappa shape index (κ1) is 19.8. The summed E-state index contributed by atoms with van der Waals surface area (Å²) in [5, 5.41) is 0.448. The van der Waals surface area contributed by atoms with Crippen molar-refractivity contribution in [2.45, 2.75) is 39.3 Å². The fraction of sp³-hybridized carbons (Fsp3) is 0.562. The summed E-state index contributed by atoms with van der Waals surface area (Å²) in [6.07, 6.45) is -0.431. The number of piperazine rings is 1. The van der Waals surface area contributed by atoms with Gasteiger partial charge in [0.1, 0.15) is 5.60 Å².